The minimum absolute atomic E-state index is 0.319. The smallest absolute Gasteiger partial charge is 0.119 e. The van der Waals surface area contributed by atoms with Crippen LogP contribution in [0.25, 0.3) is 177 Å². The minimum atomic E-state index is 0.319. The van der Waals surface area contributed by atoms with Crippen LogP contribution in [0, 0.1) is 0 Å². The van der Waals surface area contributed by atoms with Crippen molar-refractivity contribution in [1.82, 2.24) is 19.9 Å². The maximum atomic E-state index is 6.06. The molecule has 12 aromatic carbocycles. The van der Waals surface area contributed by atoms with Crippen molar-refractivity contribution in [2.75, 3.05) is 28.4 Å². The summed E-state index contributed by atoms with van der Waals surface area (Å²) < 4.78 is 24.2. The molecule has 0 fully saturated rings. The zero-order valence-corrected chi connectivity index (χ0v) is 58.6. The molecule has 8 heteroatoms. The van der Waals surface area contributed by atoms with Gasteiger partial charge in [-0.2, -0.15) is 0 Å². The summed E-state index contributed by atoms with van der Waals surface area (Å²) in [6, 6.07) is 72.1. The van der Waals surface area contributed by atoms with Gasteiger partial charge in [-0.3, -0.25) is 0 Å². The van der Waals surface area contributed by atoms with Crippen molar-refractivity contribution in [3.63, 3.8) is 0 Å². The third-order valence-electron chi connectivity index (χ3n) is 21.3. The molecule has 0 saturated heterocycles. The summed E-state index contributed by atoms with van der Waals surface area (Å²) in [5.41, 5.74) is 20.1. The molecular formula is C92H78N4O4. The Hall–Kier alpha value is -11.5. The second-order valence-corrected chi connectivity index (χ2v) is 28.3. The standard InChI is InChI=1S/C92H78N4O4/c1-49(2)53-13-21-57(22-14-53)85-81-37-38-82(93-81)86(58-23-15-54(16-24-58)50(3)4)91-79-47-75-71-43-63(99-11)31-35-67(71)68-36-32-64(100-12)44-72(68)76(75)48-80(79)92(96-91)88(60-27-19-56(20-28-60)52(7)8)84-40-39-83(94-84)87(59-25-17-55(18-26-59)51(5)6)90-78-46-74-70-42-62(98-10)30-34-66(70)65-33-29-61(97-9)41-69(65)73(74)45-77(78)89(85)95-90/h13-52,95-96H,1-12H3. The largest absolute Gasteiger partial charge is 0.497 e. The van der Waals surface area contributed by atoms with Crippen LogP contribution in [0.4, 0.5) is 0 Å². The molecule has 0 aliphatic carbocycles. The van der Waals surface area contributed by atoms with Gasteiger partial charge in [0.1, 0.15) is 23.0 Å². The number of fused-ring (bicyclic) bond motifs is 26. The summed E-state index contributed by atoms with van der Waals surface area (Å²) in [7, 11) is 6.99. The van der Waals surface area contributed by atoms with E-state index in [4.69, 9.17) is 28.9 Å². The van der Waals surface area contributed by atoms with E-state index in [-0.39, 0.29) is 0 Å². The fraction of sp³-hybridized carbons (Fsp3) is 0.174. The lowest BCUT2D eigenvalue weighted by Gasteiger charge is -2.14. The Morgan fingerprint density at radius 1 is 0.230 bits per heavy atom. The van der Waals surface area contributed by atoms with Gasteiger partial charge in [-0.1, -0.05) is 177 Å². The lowest BCUT2D eigenvalue weighted by molar-refractivity contribution is 0.415. The molecule has 0 atom stereocenters. The van der Waals surface area contributed by atoms with E-state index < -0.39 is 0 Å². The first-order valence-corrected chi connectivity index (χ1v) is 35.0. The Labute approximate surface area is 582 Å². The summed E-state index contributed by atoms with van der Waals surface area (Å²) in [6.07, 6.45) is 8.96. The van der Waals surface area contributed by atoms with Crippen LogP contribution < -0.4 is 18.9 Å². The average molecular weight is 1300 g/mol. The van der Waals surface area contributed by atoms with Gasteiger partial charge < -0.3 is 28.9 Å². The number of methoxy groups -OCH3 is 4. The molecule has 2 aliphatic rings. The summed E-state index contributed by atoms with van der Waals surface area (Å²) in [4.78, 5) is 20.8. The quantitative estimate of drug-likeness (QED) is 0.118. The minimum Gasteiger partial charge on any atom is -0.497 e. The van der Waals surface area contributed by atoms with Crippen molar-refractivity contribution in [2.45, 2.75) is 79.1 Å². The van der Waals surface area contributed by atoms with Crippen LogP contribution in [0.1, 0.15) is 124 Å². The third-order valence-corrected chi connectivity index (χ3v) is 21.3. The molecule has 2 N–H and O–H groups in total. The van der Waals surface area contributed by atoms with E-state index in [2.05, 4.69) is 284 Å². The van der Waals surface area contributed by atoms with Crippen molar-refractivity contribution >= 4 is 133 Å². The Balaban J connectivity index is 1.15. The highest BCUT2D eigenvalue weighted by atomic mass is 16.5. The van der Waals surface area contributed by atoms with Gasteiger partial charge in [0.2, 0.25) is 0 Å². The van der Waals surface area contributed by atoms with Crippen LogP contribution in [0.3, 0.4) is 0 Å². The third kappa shape index (κ3) is 10.1. The van der Waals surface area contributed by atoms with Crippen LogP contribution >= 0.6 is 0 Å². The molecule has 15 aromatic rings. The van der Waals surface area contributed by atoms with Gasteiger partial charge in [-0.05, 0) is 230 Å². The maximum absolute atomic E-state index is 6.06. The Bertz CT molecular complexity index is 5420. The zero-order chi connectivity index (χ0) is 68.5. The Morgan fingerprint density at radius 3 is 0.620 bits per heavy atom. The van der Waals surface area contributed by atoms with Crippen molar-refractivity contribution in [2.24, 2.45) is 0 Å². The van der Waals surface area contributed by atoms with E-state index in [1.54, 1.807) is 28.4 Å². The van der Waals surface area contributed by atoms with Crippen LogP contribution in [-0.2, 0) is 0 Å². The van der Waals surface area contributed by atoms with E-state index in [1.807, 2.05) is 0 Å². The molecule has 17 rings (SSSR count). The van der Waals surface area contributed by atoms with Gasteiger partial charge in [0, 0.05) is 43.8 Å². The van der Waals surface area contributed by atoms with E-state index in [0.717, 1.165) is 199 Å². The molecule has 0 saturated carbocycles. The molecule has 490 valence electrons. The summed E-state index contributed by atoms with van der Waals surface area (Å²) in [6.45, 7) is 18.1. The normalized spacial score (nSPS) is 12.5. The Morgan fingerprint density at radius 2 is 0.430 bits per heavy atom. The fourth-order valence-corrected chi connectivity index (χ4v) is 15.8. The first-order chi connectivity index (χ1) is 48.6. The monoisotopic (exact) mass is 1300 g/mol. The molecule has 8 bridgehead atoms. The molecule has 3 aromatic heterocycles. The van der Waals surface area contributed by atoms with Gasteiger partial charge in [-0.15, -0.1) is 0 Å². The number of hydrogen-bond acceptors (Lipinski definition) is 6. The first kappa shape index (κ1) is 62.1. The van der Waals surface area contributed by atoms with Gasteiger partial charge in [0.15, 0.2) is 0 Å². The van der Waals surface area contributed by atoms with Crippen molar-refractivity contribution in [1.29, 1.82) is 0 Å². The Kier molecular flexibility index (Phi) is 15.0. The highest BCUT2D eigenvalue weighted by Gasteiger charge is 2.26. The molecule has 100 heavy (non-hydrogen) atoms. The van der Waals surface area contributed by atoms with Crippen molar-refractivity contribution < 1.29 is 18.9 Å². The number of nitrogens with zero attached hydrogens (tertiary/aromatic N) is 2. The van der Waals surface area contributed by atoms with E-state index in [9.17, 15) is 0 Å². The lowest BCUT2D eigenvalue weighted by atomic mass is 9.91. The number of H-pyrrole nitrogens is 2. The van der Waals surface area contributed by atoms with Gasteiger partial charge in [-0.25, -0.2) is 9.97 Å². The second-order valence-electron chi connectivity index (χ2n) is 28.3. The molecule has 2 aliphatic heterocycles. The number of aromatic nitrogens is 4. The molecule has 8 nitrogen and oxygen atoms in total. The van der Waals surface area contributed by atoms with Crippen LogP contribution in [0.5, 0.6) is 23.0 Å². The van der Waals surface area contributed by atoms with Crippen LogP contribution in [-0.4, -0.2) is 48.4 Å². The molecule has 0 unspecified atom stereocenters. The number of hydrogen-bond donors (Lipinski definition) is 2. The number of ether oxygens (including phenoxy) is 4. The highest BCUT2D eigenvalue weighted by Crippen LogP contribution is 2.50. The predicted octanol–water partition coefficient (Wildman–Crippen LogP) is 25.1. The van der Waals surface area contributed by atoms with Gasteiger partial charge in [0.25, 0.3) is 0 Å². The van der Waals surface area contributed by atoms with E-state index >= 15 is 0 Å². The van der Waals surface area contributed by atoms with E-state index in [1.165, 1.54) is 22.3 Å². The highest BCUT2D eigenvalue weighted by molar-refractivity contribution is 6.33. The first-order valence-electron chi connectivity index (χ1n) is 35.0. The predicted molar refractivity (Wildman–Crippen MR) is 423 cm³/mol. The molecule has 5 heterocycles. The van der Waals surface area contributed by atoms with Crippen molar-refractivity contribution in [3.8, 4) is 67.5 Å². The molecule has 0 spiro atoms. The van der Waals surface area contributed by atoms with Gasteiger partial charge >= 0.3 is 0 Å². The summed E-state index contributed by atoms with van der Waals surface area (Å²) >= 11 is 0. The summed E-state index contributed by atoms with van der Waals surface area (Å²) in [5, 5.41) is 17.4. The van der Waals surface area contributed by atoms with Crippen LogP contribution in [0.2, 0.25) is 0 Å². The van der Waals surface area contributed by atoms with E-state index in [0.29, 0.717) is 23.7 Å². The lowest BCUT2D eigenvalue weighted by Crippen LogP contribution is -1.92. The summed E-state index contributed by atoms with van der Waals surface area (Å²) in [5.74, 6) is 4.42. The average Bonchev–Trinajstić information content (AvgIpc) is 1.43. The number of benzene rings is 12. The molecule has 0 radical (unpaired) electrons. The SMILES string of the molecule is COc1ccc2c3ccc(OC)cc3c3cc4c5[nH]c(c(-c6ccc(C(C)C)cc6)c6nc(c(-c7ccc(C(C)C)cc7)c7[nH]c(c(-c8ccc(C(C)C)cc8)c8nc(c5-c5ccc(C(C)C)cc5)C=C8)c5cc8c9cc(OC)ccc9c9ccc(OC)cc9c8cc75)C=C6)c4cc3c2c1. The van der Waals surface area contributed by atoms with Crippen molar-refractivity contribution in [3.05, 3.63) is 239 Å². The molecular weight excluding hydrogens is 1230 g/mol. The topological polar surface area (TPSA) is 94.3 Å². The number of nitrogens with one attached hydrogen (secondary N) is 2. The zero-order valence-electron chi connectivity index (χ0n) is 58.6. The van der Waals surface area contributed by atoms with Crippen LogP contribution in [0.15, 0.2) is 194 Å². The molecule has 0 amide bonds. The fourth-order valence-electron chi connectivity index (χ4n) is 15.8. The maximum Gasteiger partial charge on any atom is 0.119 e. The van der Waals surface area contributed by atoms with Gasteiger partial charge in [0.05, 0.1) is 73.3 Å². The number of rotatable bonds is 12. The number of aromatic amines is 2. The second kappa shape index (κ2) is 24.2.